The zero-order valence-corrected chi connectivity index (χ0v) is 10.5. The van der Waals surface area contributed by atoms with Crippen molar-refractivity contribution in [2.45, 2.75) is 19.0 Å². The molecule has 1 unspecified atom stereocenters. The molecule has 1 saturated heterocycles. The average Bonchev–Trinajstić information content (AvgIpc) is 2.52. The van der Waals surface area contributed by atoms with Gasteiger partial charge >= 0.3 is 0 Å². The highest BCUT2D eigenvalue weighted by atomic mass is 15.2. The van der Waals surface area contributed by atoms with Crippen molar-refractivity contribution in [3.63, 3.8) is 0 Å². The molecular formula is C13H22N4. The van der Waals surface area contributed by atoms with Crippen LogP contribution >= 0.6 is 0 Å². The molecule has 1 atom stereocenters. The van der Waals surface area contributed by atoms with E-state index in [0.29, 0.717) is 6.04 Å². The van der Waals surface area contributed by atoms with Gasteiger partial charge in [0.15, 0.2) is 0 Å². The van der Waals surface area contributed by atoms with Crippen LogP contribution in [-0.4, -0.2) is 54.1 Å². The highest BCUT2D eigenvalue weighted by Gasteiger charge is 2.21. The van der Waals surface area contributed by atoms with Crippen molar-refractivity contribution >= 4 is 0 Å². The SMILES string of the molecule is CN1CCCN(Cc2ccncc2)C(CN)C1. The minimum atomic E-state index is 0.468. The van der Waals surface area contributed by atoms with Crippen LogP contribution in [-0.2, 0) is 6.54 Å². The lowest BCUT2D eigenvalue weighted by atomic mass is 10.2. The summed E-state index contributed by atoms with van der Waals surface area (Å²) in [6, 6.07) is 4.64. The number of hydrogen-bond acceptors (Lipinski definition) is 4. The molecule has 1 aromatic heterocycles. The van der Waals surface area contributed by atoms with Crippen LogP contribution in [0, 0.1) is 0 Å². The second-order valence-corrected chi connectivity index (χ2v) is 4.83. The monoisotopic (exact) mass is 234 g/mol. The molecule has 2 rings (SSSR count). The normalized spacial score (nSPS) is 23.5. The Morgan fingerprint density at radius 3 is 2.82 bits per heavy atom. The molecule has 0 aromatic carbocycles. The van der Waals surface area contributed by atoms with Gasteiger partial charge in [0.05, 0.1) is 0 Å². The molecule has 94 valence electrons. The highest BCUT2D eigenvalue weighted by molar-refractivity contribution is 5.09. The first-order valence-corrected chi connectivity index (χ1v) is 6.31. The molecular weight excluding hydrogens is 212 g/mol. The van der Waals surface area contributed by atoms with E-state index in [4.69, 9.17) is 5.73 Å². The lowest BCUT2D eigenvalue weighted by molar-refractivity contribution is 0.185. The largest absolute Gasteiger partial charge is 0.329 e. The molecule has 0 radical (unpaired) electrons. The first kappa shape index (κ1) is 12.5. The zero-order chi connectivity index (χ0) is 12.1. The zero-order valence-electron chi connectivity index (χ0n) is 10.5. The maximum atomic E-state index is 5.90. The van der Waals surface area contributed by atoms with E-state index in [1.54, 1.807) is 0 Å². The molecule has 1 fully saturated rings. The van der Waals surface area contributed by atoms with E-state index >= 15 is 0 Å². The summed E-state index contributed by atoms with van der Waals surface area (Å²) in [6.45, 7) is 5.09. The molecule has 4 heteroatoms. The third-order valence-corrected chi connectivity index (χ3v) is 3.43. The van der Waals surface area contributed by atoms with Gasteiger partial charge in [-0.1, -0.05) is 0 Å². The quantitative estimate of drug-likeness (QED) is 0.829. The molecule has 1 aromatic rings. The number of aromatic nitrogens is 1. The Balaban J connectivity index is 2.02. The number of pyridine rings is 1. The summed E-state index contributed by atoms with van der Waals surface area (Å²) in [7, 11) is 2.18. The molecule has 1 aliphatic heterocycles. The molecule has 17 heavy (non-hydrogen) atoms. The van der Waals surface area contributed by atoms with Crippen LogP contribution in [0.3, 0.4) is 0 Å². The lowest BCUT2D eigenvalue weighted by Gasteiger charge is -2.29. The number of nitrogens with zero attached hydrogens (tertiary/aromatic N) is 3. The smallest absolute Gasteiger partial charge is 0.0349 e. The number of nitrogens with two attached hydrogens (primary N) is 1. The third kappa shape index (κ3) is 3.49. The van der Waals surface area contributed by atoms with Crippen LogP contribution in [0.5, 0.6) is 0 Å². The Labute approximate surface area is 103 Å². The van der Waals surface area contributed by atoms with Gasteiger partial charge in [0.2, 0.25) is 0 Å². The fourth-order valence-electron chi connectivity index (χ4n) is 2.45. The summed E-state index contributed by atoms with van der Waals surface area (Å²) in [6.07, 6.45) is 4.94. The van der Waals surface area contributed by atoms with Crippen LogP contribution in [0.25, 0.3) is 0 Å². The topological polar surface area (TPSA) is 45.4 Å². The number of likely N-dealkylation sites (N-methyl/N-ethyl adjacent to an activating group) is 1. The predicted octanol–water partition coefficient (Wildman–Crippen LogP) is 0.546. The second kappa shape index (κ2) is 6.10. The van der Waals surface area contributed by atoms with Gasteiger partial charge in [-0.05, 0) is 37.7 Å². The Bertz CT molecular complexity index is 327. The average molecular weight is 234 g/mol. The lowest BCUT2D eigenvalue weighted by Crippen LogP contribution is -2.44. The number of hydrogen-bond donors (Lipinski definition) is 1. The van der Waals surface area contributed by atoms with Crippen LogP contribution in [0.2, 0.25) is 0 Å². The van der Waals surface area contributed by atoms with Crippen molar-refractivity contribution in [2.24, 2.45) is 5.73 Å². The van der Waals surface area contributed by atoms with Gasteiger partial charge < -0.3 is 10.6 Å². The van der Waals surface area contributed by atoms with E-state index in [1.165, 1.54) is 18.5 Å². The van der Waals surface area contributed by atoms with Crippen molar-refractivity contribution in [3.8, 4) is 0 Å². The van der Waals surface area contributed by atoms with E-state index in [2.05, 4.69) is 34.0 Å². The summed E-state index contributed by atoms with van der Waals surface area (Å²) in [5.41, 5.74) is 7.22. The van der Waals surface area contributed by atoms with Gasteiger partial charge in [0, 0.05) is 44.6 Å². The first-order chi connectivity index (χ1) is 8.29. The molecule has 0 aliphatic carbocycles. The first-order valence-electron chi connectivity index (χ1n) is 6.31. The Hall–Kier alpha value is -0.970. The second-order valence-electron chi connectivity index (χ2n) is 4.83. The fraction of sp³-hybridized carbons (Fsp3) is 0.615. The van der Waals surface area contributed by atoms with E-state index in [9.17, 15) is 0 Å². The maximum Gasteiger partial charge on any atom is 0.0349 e. The summed E-state index contributed by atoms with van der Waals surface area (Å²) >= 11 is 0. The van der Waals surface area contributed by atoms with Crippen molar-refractivity contribution in [3.05, 3.63) is 30.1 Å². The molecule has 0 spiro atoms. The molecule has 0 saturated carbocycles. The predicted molar refractivity (Wildman–Crippen MR) is 69.6 cm³/mol. The summed E-state index contributed by atoms with van der Waals surface area (Å²) in [5.74, 6) is 0. The van der Waals surface area contributed by atoms with E-state index in [1.807, 2.05) is 12.4 Å². The van der Waals surface area contributed by atoms with Crippen LogP contribution < -0.4 is 5.73 Å². The Kier molecular flexibility index (Phi) is 4.48. The van der Waals surface area contributed by atoms with Gasteiger partial charge in [-0.3, -0.25) is 9.88 Å². The summed E-state index contributed by atoms with van der Waals surface area (Å²) in [4.78, 5) is 8.93. The van der Waals surface area contributed by atoms with Crippen molar-refractivity contribution in [1.29, 1.82) is 0 Å². The molecule has 2 N–H and O–H groups in total. The Morgan fingerprint density at radius 2 is 2.12 bits per heavy atom. The highest BCUT2D eigenvalue weighted by Crippen LogP contribution is 2.12. The Morgan fingerprint density at radius 1 is 1.35 bits per heavy atom. The minimum Gasteiger partial charge on any atom is -0.329 e. The van der Waals surface area contributed by atoms with Gasteiger partial charge in [-0.2, -0.15) is 0 Å². The van der Waals surface area contributed by atoms with E-state index in [0.717, 1.165) is 26.2 Å². The van der Waals surface area contributed by atoms with Gasteiger partial charge in [-0.15, -0.1) is 0 Å². The van der Waals surface area contributed by atoms with Crippen LogP contribution in [0.1, 0.15) is 12.0 Å². The standard InChI is InChI=1S/C13H22N4/c1-16-7-2-8-17(13(9-14)11-16)10-12-3-5-15-6-4-12/h3-6,13H,2,7-11,14H2,1H3. The number of rotatable bonds is 3. The molecule has 2 heterocycles. The summed E-state index contributed by atoms with van der Waals surface area (Å²) < 4.78 is 0. The molecule has 0 bridgehead atoms. The van der Waals surface area contributed by atoms with Crippen molar-refractivity contribution < 1.29 is 0 Å². The van der Waals surface area contributed by atoms with Gasteiger partial charge in [0.25, 0.3) is 0 Å². The van der Waals surface area contributed by atoms with Crippen molar-refractivity contribution in [1.82, 2.24) is 14.8 Å². The van der Waals surface area contributed by atoms with Crippen LogP contribution in [0.4, 0.5) is 0 Å². The third-order valence-electron chi connectivity index (χ3n) is 3.43. The van der Waals surface area contributed by atoms with Crippen LogP contribution in [0.15, 0.2) is 24.5 Å². The van der Waals surface area contributed by atoms with E-state index in [-0.39, 0.29) is 0 Å². The van der Waals surface area contributed by atoms with Gasteiger partial charge in [0.1, 0.15) is 0 Å². The summed E-state index contributed by atoms with van der Waals surface area (Å²) in [5, 5.41) is 0. The van der Waals surface area contributed by atoms with E-state index < -0.39 is 0 Å². The van der Waals surface area contributed by atoms with Gasteiger partial charge in [-0.25, -0.2) is 0 Å². The molecule has 4 nitrogen and oxygen atoms in total. The van der Waals surface area contributed by atoms with Crippen molar-refractivity contribution in [2.75, 3.05) is 33.2 Å². The molecule has 0 amide bonds. The maximum absolute atomic E-state index is 5.90. The molecule has 1 aliphatic rings. The minimum absolute atomic E-state index is 0.468. The fourth-order valence-corrected chi connectivity index (χ4v) is 2.45.